The summed E-state index contributed by atoms with van der Waals surface area (Å²) in [6, 6.07) is 13.2. The summed E-state index contributed by atoms with van der Waals surface area (Å²) in [7, 11) is 0. The molecular formula is C22H19N5O2S2. The number of anilines is 1. The first-order valence-corrected chi connectivity index (χ1v) is 12.0. The second kappa shape index (κ2) is 8.16. The molecule has 0 aliphatic heterocycles. The van der Waals surface area contributed by atoms with Gasteiger partial charge in [-0.2, -0.15) is 9.78 Å². The van der Waals surface area contributed by atoms with E-state index in [1.807, 2.05) is 42.0 Å². The summed E-state index contributed by atoms with van der Waals surface area (Å²) in [5, 5.41) is 9.58. The zero-order valence-corrected chi connectivity index (χ0v) is 18.3. The second-order valence-corrected chi connectivity index (χ2v) is 8.92. The van der Waals surface area contributed by atoms with Crippen LogP contribution in [0.1, 0.15) is 28.0 Å². The van der Waals surface area contributed by atoms with Gasteiger partial charge in [-0.05, 0) is 49.1 Å². The van der Waals surface area contributed by atoms with Gasteiger partial charge in [-0.25, -0.2) is 4.98 Å². The number of aromatic amines is 1. The largest absolute Gasteiger partial charge is 0.306 e. The lowest BCUT2D eigenvalue weighted by atomic mass is 10.2. The Morgan fingerprint density at radius 1 is 1.23 bits per heavy atom. The third-order valence-corrected chi connectivity index (χ3v) is 6.89. The fourth-order valence-electron chi connectivity index (χ4n) is 3.72. The number of carbonyl (C=O) groups excluding carboxylic acids is 1. The number of aromatic nitrogens is 4. The van der Waals surface area contributed by atoms with Gasteiger partial charge < -0.3 is 5.32 Å². The van der Waals surface area contributed by atoms with E-state index in [4.69, 9.17) is 0 Å². The minimum atomic E-state index is -0.243. The molecular weight excluding hydrogens is 430 g/mol. The van der Waals surface area contributed by atoms with E-state index in [9.17, 15) is 9.59 Å². The maximum Gasteiger partial charge on any atom is 0.257 e. The number of nitrogens with zero attached hydrogens (tertiary/aromatic N) is 3. The molecule has 7 nitrogen and oxygen atoms in total. The van der Waals surface area contributed by atoms with E-state index in [0.717, 1.165) is 40.3 Å². The van der Waals surface area contributed by atoms with Crippen LogP contribution in [-0.2, 0) is 12.8 Å². The molecule has 156 valence electrons. The first kappa shape index (κ1) is 19.8. The number of amides is 1. The highest BCUT2D eigenvalue weighted by atomic mass is 32.2. The van der Waals surface area contributed by atoms with Crippen LogP contribution in [0.3, 0.4) is 0 Å². The zero-order valence-electron chi connectivity index (χ0n) is 16.7. The van der Waals surface area contributed by atoms with E-state index in [-0.39, 0.29) is 11.5 Å². The van der Waals surface area contributed by atoms with E-state index in [0.29, 0.717) is 23.0 Å². The van der Waals surface area contributed by atoms with E-state index < -0.39 is 0 Å². The molecule has 9 heteroatoms. The Balaban J connectivity index is 1.59. The van der Waals surface area contributed by atoms with Gasteiger partial charge in [-0.15, -0.1) is 23.1 Å². The minimum absolute atomic E-state index is 0.143. The SMILES string of the molecule is CSc1ccccc1C(=O)Nc1cc(-c2cccs2)nn1-c1nc2c(c(=O)[nH]1)CCC2. The Kier molecular flexibility index (Phi) is 5.21. The predicted octanol–water partition coefficient (Wildman–Crippen LogP) is 4.15. The third kappa shape index (κ3) is 3.70. The molecule has 0 radical (unpaired) electrons. The Labute approximate surface area is 186 Å². The highest BCUT2D eigenvalue weighted by Crippen LogP contribution is 2.29. The number of H-pyrrole nitrogens is 1. The number of hydrogen-bond donors (Lipinski definition) is 2. The van der Waals surface area contributed by atoms with E-state index in [1.165, 1.54) is 16.4 Å². The lowest BCUT2D eigenvalue weighted by Gasteiger charge is -2.10. The molecule has 0 spiro atoms. The molecule has 1 aliphatic carbocycles. The number of thiophene rings is 1. The summed E-state index contributed by atoms with van der Waals surface area (Å²) >= 11 is 3.07. The molecule has 0 atom stereocenters. The average Bonchev–Trinajstić information content (AvgIpc) is 3.53. The van der Waals surface area contributed by atoms with Gasteiger partial charge in [0.05, 0.1) is 16.1 Å². The molecule has 0 fully saturated rings. The Bertz CT molecular complexity index is 1320. The van der Waals surface area contributed by atoms with Gasteiger partial charge in [0.2, 0.25) is 5.95 Å². The fourth-order valence-corrected chi connectivity index (χ4v) is 5.00. The van der Waals surface area contributed by atoms with E-state index in [2.05, 4.69) is 20.4 Å². The van der Waals surface area contributed by atoms with Gasteiger partial charge in [0.15, 0.2) is 0 Å². The van der Waals surface area contributed by atoms with Crippen molar-refractivity contribution in [2.75, 3.05) is 11.6 Å². The smallest absolute Gasteiger partial charge is 0.257 e. The number of aryl methyl sites for hydroxylation is 1. The lowest BCUT2D eigenvalue weighted by molar-refractivity contribution is 0.102. The predicted molar refractivity (Wildman–Crippen MR) is 123 cm³/mol. The van der Waals surface area contributed by atoms with Crippen molar-refractivity contribution < 1.29 is 4.79 Å². The summed E-state index contributed by atoms with van der Waals surface area (Å²) in [5.41, 5.74) is 2.68. The molecule has 31 heavy (non-hydrogen) atoms. The molecule has 0 saturated carbocycles. The van der Waals surface area contributed by atoms with Crippen LogP contribution in [0.15, 0.2) is 57.5 Å². The molecule has 4 aromatic rings. The van der Waals surface area contributed by atoms with Crippen LogP contribution in [0, 0.1) is 0 Å². The fraction of sp³-hybridized carbons (Fsp3) is 0.182. The van der Waals surface area contributed by atoms with Crippen LogP contribution in [0.2, 0.25) is 0 Å². The monoisotopic (exact) mass is 449 g/mol. The average molecular weight is 450 g/mol. The number of nitrogens with one attached hydrogen (secondary N) is 2. The number of hydrogen-bond acceptors (Lipinski definition) is 6. The maximum absolute atomic E-state index is 13.1. The molecule has 0 unspecified atom stereocenters. The molecule has 1 aliphatic rings. The molecule has 0 saturated heterocycles. The highest BCUT2D eigenvalue weighted by molar-refractivity contribution is 7.98. The number of rotatable bonds is 5. The second-order valence-electron chi connectivity index (χ2n) is 7.13. The number of fused-ring (bicyclic) bond motifs is 1. The van der Waals surface area contributed by atoms with Gasteiger partial charge in [-0.3, -0.25) is 14.6 Å². The Hall–Kier alpha value is -3.17. The maximum atomic E-state index is 13.1. The molecule has 3 heterocycles. The number of carbonyl (C=O) groups is 1. The van der Waals surface area contributed by atoms with Gasteiger partial charge >= 0.3 is 0 Å². The Morgan fingerprint density at radius 2 is 2.10 bits per heavy atom. The lowest BCUT2D eigenvalue weighted by Crippen LogP contribution is -2.21. The molecule has 1 amide bonds. The van der Waals surface area contributed by atoms with Crippen LogP contribution < -0.4 is 10.9 Å². The first-order chi connectivity index (χ1) is 15.1. The van der Waals surface area contributed by atoms with Crippen molar-refractivity contribution in [3.63, 3.8) is 0 Å². The van der Waals surface area contributed by atoms with Crippen molar-refractivity contribution in [1.82, 2.24) is 19.7 Å². The molecule has 0 bridgehead atoms. The van der Waals surface area contributed by atoms with Gasteiger partial charge in [0, 0.05) is 16.5 Å². The summed E-state index contributed by atoms with van der Waals surface area (Å²) in [6.45, 7) is 0. The quantitative estimate of drug-likeness (QED) is 0.447. The van der Waals surface area contributed by atoms with Crippen molar-refractivity contribution in [2.45, 2.75) is 24.2 Å². The number of benzene rings is 1. The van der Waals surface area contributed by atoms with Crippen molar-refractivity contribution in [3.05, 3.63) is 75.0 Å². The Morgan fingerprint density at radius 3 is 2.90 bits per heavy atom. The van der Waals surface area contributed by atoms with Crippen LogP contribution in [0.5, 0.6) is 0 Å². The van der Waals surface area contributed by atoms with Gasteiger partial charge in [0.25, 0.3) is 11.5 Å². The van der Waals surface area contributed by atoms with Crippen molar-refractivity contribution >= 4 is 34.8 Å². The van der Waals surface area contributed by atoms with E-state index >= 15 is 0 Å². The molecule has 3 aromatic heterocycles. The summed E-state index contributed by atoms with van der Waals surface area (Å²) < 4.78 is 1.51. The minimum Gasteiger partial charge on any atom is -0.306 e. The molecule has 2 N–H and O–H groups in total. The third-order valence-electron chi connectivity index (χ3n) is 5.21. The van der Waals surface area contributed by atoms with E-state index in [1.54, 1.807) is 23.5 Å². The normalized spacial score (nSPS) is 12.7. The topological polar surface area (TPSA) is 92.7 Å². The van der Waals surface area contributed by atoms with Crippen molar-refractivity contribution in [1.29, 1.82) is 0 Å². The van der Waals surface area contributed by atoms with Crippen LogP contribution in [0.25, 0.3) is 16.5 Å². The standard InChI is InChI=1S/C22H19N5O2S2/c1-30-17-9-3-2-6-14(17)21(29)24-19-12-16(18-10-5-11-31-18)26-27(19)22-23-15-8-4-7-13(15)20(28)25-22/h2-3,5-6,9-12H,4,7-8H2,1H3,(H,24,29)(H,23,25,28). The highest BCUT2D eigenvalue weighted by Gasteiger charge is 2.21. The summed E-state index contributed by atoms with van der Waals surface area (Å²) in [4.78, 5) is 35.0. The van der Waals surface area contributed by atoms with Crippen LogP contribution in [0.4, 0.5) is 5.82 Å². The first-order valence-electron chi connectivity index (χ1n) is 9.85. The summed E-state index contributed by atoms with van der Waals surface area (Å²) in [5.74, 6) is 0.514. The van der Waals surface area contributed by atoms with Crippen molar-refractivity contribution in [3.8, 4) is 16.5 Å². The van der Waals surface area contributed by atoms with Crippen LogP contribution >= 0.6 is 23.1 Å². The summed E-state index contributed by atoms with van der Waals surface area (Å²) in [6.07, 6.45) is 4.37. The molecule has 5 rings (SSSR count). The van der Waals surface area contributed by atoms with Crippen molar-refractivity contribution in [2.24, 2.45) is 0 Å². The van der Waals surface area contributed by atoms with Crippen LogP contribution in [-0.4, -0.2) is 31.9 Å². The number of thioether (sulfide) groups is 1. The molecule has 1 aromatic carbocycles. The van der Waals surface area contributed by atoms with Gasteiger partial charge in [0.1, 0.15) is 11.5 Å². The zero-order chi connectivity index (χ0) is 21.4. The van der Waals surface area contributed by atoms with Gasteiger partial charge in [-0.1, -0.05) is 18.2 Å².